The standard InChI is InChI=1S/C14H16O2/c1-5-12-7-6-10(2)8-13(12)9-11(3)14(15)16-4/h5-8H,1,3,9H2,2,4H3. The van der Waals surface area contributed by atoms with Gasteiger partial charge in [-0.15, -0.1) is 0 Å². The molecule has 0 spiro atoms. The Bertz CT molecular complexity index is 430. The molecule has 0 atom stereocenters. The number of benzene rings is 1. The van der Waals surface area contributed by atoms with Gasteiger partial charge in [0.2, 0.25) is 0 Å². The molecule has 0 N–H and O–H groups in total. The van der Waals surface area contributed by atoms with Crippen molar-refractivity contribution in [1.29, 1.82) is 0 Å². The zero-order valence-electron chi connectivity index (χ0n) is 9.75. The molecule has 0 aliphatic heterocycles. The summed E-state index contributed by atoms with van der Waals surface area (Å²) in [6.07, 6.45) is 2.27. The van der Waals surface area contributed by atoms with Crippen molar-refractivity contribution < 1.29 is 9.53 Å². The molecular weight excluding hydrogens is 200 g/mol. The second kappa shape index (κ2) is 5.31. The van der Waals surface area contributed by atoms with Gasteiger partial charge in [0, 0.05) is 12.0 Å². The SMILES string of the molecule is C=Cc1ccc(C)cc1CC(=C)C(=O)OC. The van der Waals surface area contributed by atoms with Gasteiger partial charge < -0.3 is 4.74 Å². The van der Waals surface area contributed by atoms with Crippen LogP contribution in [0.1, 0.15) is 16.7 Å². The first kappa shape index (κ1) is 12.2. The summed E-state index contributed by atoms with van der Waals surface area (Å²) in [5.74, 6) is -0.364. The summed E-state index contributed by atoms with van der Waals surface area (Å²) in [4.78, 5) is 11.3. The Morgan fingerprint density at radius 3 is 2.75 bits per heavy atom. The lowest BCUT2D eigenvalue weighted by Crippen LogP contribution is -2.06. The Morgan fingerprint density at radius 1 is 1.50 bits per heavy atom. The summed E-state index contributed by atoms with van der Waals surface area (Å²) in [6, 6.07) is 6.04. The Balaban J connectivity index is 2.95. The maximum atomic E-state index is 11.3. The maximum Gasteiger partial charge on any atom is 0.333 e. The van der Waals surface area contributed by atoms with Gasteiger partial charge in [-0.05, 0) is 18.1 Å². The van der Waals surface area contributed by atoms with Gasteiger partial charge in [0.25, 0.3) is 0 Å². The third-order valence-electron chi connectivity index (χ3n) is 2.40. The predicted octanol–water partition coefficient (Wildman–Crippen LogP) is 2.91. The first-order valence-electron chi connectivity index (χ1n) is 5.06. The van der Waals surface area contributed by atoms with Crippen molar-refractivity contribution in [2.24, 2.45) is 0 Å². The monoisotopic (exact) mass is 216 g/mol. The van der Waals surface area contributed by atoms with Crippen LogP contribution in [0.2, 0.25) is 0 Å². The summed E-state index contributed by atoms with van der Waals surface area (Å²) >= 11 is 0. The van der Waals surface area contributed by atoms with Gasteiger partial charge >= 0.3 is 5.97 Å². The number of rotatable bonds is 4. The van der Waals surface area contributed by atoms with E-state index in [1.54, 1.807) is 6.08 Å². The van der Waals surface area contributed by atoms with E-state index >= 15 is 0 Å². The molecular formula is C14H16O2. The number of carbonyl (C=O) groups is 1. The van der Waals surface area contributed by atoms with E-state index in [1.807, 2.05) is 25.1 Å². The smallest absolute Gasteiger partial charge is 0.333 e. The van der Waals surface area contributed by atoms with Crippen LogP contribution in [0.25, 0.3) is 6.08 Å². The number of hydrogen-bond acceptors (Lipinski definition) is 2. The third-order valence-corrected chi connectivity index (χ3v) is 2.40. The summed E-state index contributed by atoms with van der Waals surface area (Å²) in [5.41, 5.74) is 3.68. The third kappa shape index (κ3) is 2.83. The van der Waals surface area contributed by atoms with E-state index in [4.69, 9.17) is 0 Å². The van der Waals surface area contributed by atoms with Crippen LogP contribution in [-0.4, -0.2) is 13.1 Å². The number of esters is 1. The van der Waals surface area contributed by atoms with Crippen molar-refractivity contribution in [1.82, 2.24) is 0 Å². The largest absolute Gasteiger partial charge is 0.466 e. The molecule has 0 radical (unpaired) electrons. The highest BCUT2D eigenvalue weighted by Crippen LogP contribution is 2.17. The molecule has 0 amide bonds. The fraction of sp³-hybridized carbons (Fsp3) is 0.214. The first-order valence-corrected chi connectivity index (χ1v) is 5.06. The fourth-order valence-corrected chi connectivity index (χ4v) is 1.53. The lowest BCUT2D eigenvalue weighted by atomic mass is 9.98. The minimum Gasteiger partial charge on any atom is -0.466 e. The number of carbonyl (C=O) groups excluding carboxylic acids is 1. The Morgan fingerprint density at radius 2 is 2.19 bits per heavy atom. The van der Waals surface area contributed by atoms with Gasteiger partial charge in [-0.2, -0.15) is 0 Å². The molecule has 0 aliphatic carbocycles. The molecule has 84 valence electrons. The van der Waals surface area contributed by atoms with Crippen LogP contribution in [0.5, 0.6) is 0 Å². The molecule has 0 heterocycles. The van der Waals surface area contributed by atoms with Crippen LogP contribution >= 0.6 is 0 Å². The normalized spacial score (nSPS) is 9.62. The molecule has 0 aliphatic rings. The topological polar surface area (TPSA) is 26.3 Å². The van der Waals surface area contributed by atoms with Crippen molar-refractivity contribution >= 4 is 12.0 Å². The zero-order valence-corrected chi connectivity index (χ0v) is 9.75. The van der Waals surface area contributed by atoms with Crippen LogP contribution in [-0.2, 0) is 16.0 Å². The molecule has 2 nitrogen and oxygen atoms in total. The molecule has 0 fully saturated rings. The van der Waals surface area contributed by atoms with Crippen molar-refractivity contribution in [3.8, 4) is 0 Å². The summed E-state index contributed by atoms with van der Waals surface area (Å²) in [6.45, 7) is 9.48. The minimum atomic E-state index is -0.364. The molecule has 1 aromatic carbocycles. The fourth-order valence-electron chi connectivity index (χ4n) is 1.53. The maximum absolute atomic E-state index is 11.3. The Labute approximate surface area is 96.2 Å². The van der Waals surface area contributed by atoms with Crippen LogP contribution in [0.3, 0.4) is 0 Å². The molecule has 0 unspecified atom stereocenters. The van der Waals surface area contributed by atoms with E-state index in [0.717, 1.165) is 16.7 Å². The van der Waals surface area contributed by atoms with E-state index in [0.29, 0.717) is 12.0 Å². The predicted molar refractivity (Wildman–Crippen MR) is 66.1 cm³/mol. The van der Waals surface area contributed by atoms with Crippen molar-refractivity contribution in [3.05, 3.63) is 53.6 Å². The van der Waals surface area contributed by atoms with E-state index in [2.05, 4.69) is 17.9 Å². The zero-order chi connectivity index (χ0) is 12.1. The first-order chi connectivity index (χ1) is 7.58. The lowest BCUT2D eigenvalue weighted by Gasteiger charge is -2.08. The number of aryl methyl sites for hydroxylation is 1. The van der Waals surface area contributed by atoms with E-state index in [9.17, 15) is 4.79 Å². The van der Waals surface area contributed by atoms with Gasteiger partial charge in [0.15, 0.2) is 0 Å². The van der Waals surface area contributed by atoms with Crippen molar-refractivity contribution in [3.63, 3.8) is 0 Å². The van der Waals surface area contributed by atoms with Gasteiger partial charge in [0.05, 0.1) is 7.11 Å². The highest BCUT2D eigenvalue weighted by atomic mass is 16.5. The number of ether oxygens (including phenoxy) is 1. The molecule has 0 saturated heterocycles. The molecule has 2 heteroatoms. The van der Waals surface area contributed by atoms with Crippen molar-refractivity contribution in [2.75, 3.05) is 7.11 Å². The highest BCUT2D eigenvalue weighted by Gasteiger charge is 2.09. The second-order valence-electron chi connectivity index (χ2n) is 3.68. The minimum absolute atomic E-state index is 0.364. The average Bonchev–Trinajstić information content (AvgIpc) is 2.28. The quantitative estimate of drug-likeness (QED) is 0.571. The van der Waals surface area contributed by atoms with E-state index in [1.165, 1.54) is 7.11 Å². The van der Waals surface area contributed by atoms with Crippen LogP contribution < -0.4 is 0 Å². The number of methoxy groups -OCH3 is 1. The van der Waals surface area contributed by atoms with Gasteiger partial charge in [0.1, 0.15) is 0 Å². The van der Waals surface area contributed by atoms with E-state index in [-0.39, 0.29) is 5.97 Å². The van der Waals surface area contributed by atoms with Crippen LogP contribution in [0, 0.1) is 6.92 Å². The average molecular weight is 216 g/mol. The van der Waals surface area contributed by atoms with Crippen LogP contribution in [0.15, 0.2) is 36.9 Å². The van der Waals surface area contributed by atoms with Crippen molar-refractivity contribution in [2.45, 2.75) is 13.3 Å². The molecule has 0 aromatic heterocycles. The van der Waals surface area contributed by atoms with Gasteiger partial charge in [-0.25, -0.2) is 4.79 Å². The Kier molecular flexibility index (Phi) is 4.06. The lowest BCUT2D eigenvalue weighted by molar-refractivity contribution is -0.136. The van der Waals surface area contributed by atoms with Gasteiger partial charge in [-0.1, -0.05) is 43.0 Å². The molecule has 0 bridgehead atoms. The molecule has 16 heavy (non-hydrogen) atoms. The molecule has 1 aromatic rings. The van der Waals surface area contributed by atoms with Crippen LogP contribution in [0.4, 0.5) is 0 Å². The van der Waals surface area contributed by atoms with Gasteiger partial charge in [-0.3, -0.25) is 0 Å². The summed E-state index contributed by atoms with van der Waals surface area (Å²) in [5, 5.41) is 0. The summed E-state index contributed by atoms with van der Waals surface area (Å²) < 4.78 is 4.62. The van der Waals surface area contributed by atoms with E-state index < -0.39 is 0 Å². The highest BCUT2D eigenvalue weighted by molar-refractivity contribution is 5.88. The number of hydrogen-bond donors (Lipinski definition) is 0. The molecule has 1 rings (SSSR count). The molecule has 0 saturated carbocycles. The summed E-state index contributed by atoms with van der Waals surface area (Å²) in [7, 11) is 1.36. The second-order valence-corrected chi connectivity index (χ2v) is 3.68. The Hall–Kier alpha value is -1.83.